The molecule has 1 atom stereocenters. The number of carbonyl (C=O) groups is 1. The van der Waals surface area contributed by atoms with Crippen LogP contribution in [0, 0.1) is 0 Å². The van der Waals surface area contributed by atoms with E-state index in [9.17, 15) is 31.1 Å². The second kappa shape index (κ2) is 6.56. The van der Waals surface area contributed by atoms with Gasteiger partial charge in [-0.3, -0.25) is 4.79 Å². The van der Waals surface area contributed by atoms with E-state index in [1.807, 2.05) is 0 Å². The second-order valence-corrected chi connectivity index (χ2v) is 5.12. The van der Waals surface area contributed by atoms with Crippen molar-refractivity contribution in [2.24, 2.45) is 5.73 Å². The summed E-state index contributed by atoms with van der Waals surface area (Å²) in [6.45, 7) is 0. The summed E-state index contributed by atoms with van der Waals surface area (Å²) in [7, 11) is 0. The first-order valence-electron chi connectivity index (χ1n) is 6.37. The Morgan fingerprint density at radius 2 is 1.72 bits per heavy atom. The Hall–Kier alpha value is -2.27. The number of aromatic nitrogens is 1. The molecule has 0 aliphatic rings. The Morgan fingerprint density at radius 3 is 2.20 bits per heavy atom. The minimum absolute atomic E-state index is 0.0703. The number of rotatable bonds is 3. The molecule has 12 heteroatoms. The number of benzene rings is 1. The molecule has 1 unspecified atom stereocenters. The Morgan fingerprint density at radius 1 is 1.16 bits per heavy atom. The number of nitrogens with one attached hydrogen (secondary N) is 1. The third-order valence-corrected chi connectivity index (χ3v) is 3.32. The summed E-state index contributed by atoms with van der Waals surface area (Å²) in [5.74, 6) is -2.13. The van der Waals surface area contributed by atoms with E-state index in [1.54, 1.807) is 0 Å². The predicted octanol–water partition coefficient (Wildman–Crippen LogP) is 3.59. The Kier molecular flexibility index (Phi) is 5.00. The van der Waals surface area contributed by atoms with Gasteiger partial charge < -0.3 is 15.6 Å². The monoisotopic (exact) mass is 387 g/mol. The summed E-state index contributed by atoms with van der Waals surface area (Å²) in [6, 6.07) is 3.55. The van der Waals surface area contributed by atoms with Crippen LogP contribution in [0.25, 0.3) is 11.3 Å². The quantitative estimate of drug-likeness (QED) is 0.623. The van der Waals surface area contributed by atoms with Gasteiger partial charge in [-0.1, -0.05) is 28.9 Å². The zero-order valence-corrected chi connectivity index (χ0v) is 12.6. The number of amides is 1. The lowest BCUT2D eigenvalue weighted by Gasteiger charge is -2.15. The predicted molar refractivity (Wildman–Crippen MR) is 73.4 cm³/mol. The minimum Gasteiger partial charge on any atom is -0.349 e. The number of hydrogen-bond acceptors (Lipinski definition) is 4. The molecule has 0 bridgehead atoms. The lowest BCUT2D eigenvalue weighted by molar-refractivity contribution is -0.152. The molecule has 0 aliphatic carbocycles. The van der Waals surface area contributed by atoms with Gasteiger partial charge in [0.15, 0.2) is 6.17 Å². The zero-order valence-electron chi connectivity index (χ0n) is 11.9. The van der Waals surface area contributed by atoms with E-state index in [4.69, 9.17) is 17.3 Å². The fourth-order valence-corrected chi connectivity index (χ4v) is 1.97. The third-order valence-electron chi connectivity index (χ3n) is 2.97. The molecule has 0 radical (unpaired) electrons. The van der Waals surface area contributed by atoms with Crippen LogP contribution in [0.5, 0.6) is 0 Å². The van der Waals surface area contributed by atoms with Crippen LogP contribution in [0.3, 0.4) is 0 Å². The number of carbonyl (C=O) groups excluding carboxylic acids is 1. The molecule has 1 aromatic carbocycles. The van der Waals surface area contributed by atoms with Crippen molar-refractivity contribution in [1.82, 2.24) is 10.5 Å². The summed E-state index contributed by atoms with van der Waals surface area (Å²) in [4.78, 5) is 11.7. The summed E-state index contributed by atoms with van der Waals surface area (Å²) in [5.41, 5.74) is 3.68. The van der Waals surface area contributed by atoms with Crippen molar-refractivity contribution in [2.75, 3.05) is 0 Å². The molecule has 136 valence electrons. The van der Waals surface area contributed by atoms with Crippen LogP contribution in [0.1, 0.15) is 16.1 Å². The zero-order chi connectivity index (χ0) is 19.0. The molecule has 25 heavy (non-hydrogen) atoms. The van der Waals surface area contributed by atoms with Crippen molar-refractivity contribution >= 4 is 17.5 Å². The maximum atomic E-state index is 12.5. The van der Waals surface area contributed by atoms with Crippen molar-refractivity contribution in [3.05, 3.63) is 40.6 Å². The molecule has 0 spiro atoms. The van der Waals surface area contributed by atoms with E-state index in [2.05, 4.69) is 9.68 Å². The molecule has 3 N–H and O–H groups in total. The highest BCUT2D eigenvalue weighted by atomic mass is 35.5. The SMILES string of the molecule is NC(NC(=O)c1onc(-c2ccc(C(F)(F)F)cc2)c1Cl)C(F)(F)F. The Bertz CT molecular complexity index is 770. The molecule has 0 fully saturated rings. The van der Waals surface area contributed by atoms with Crippen LogP contribution in [0.2, 0.25) is 5.02 Å². The summed E-state index contributed by atoms with van der Waals surface area (Å²) in [5, 5.41) is 4.35. The highest BCUT2D eigenvalue weighted by Gasteiger charge is 2.39. The van der Waals surface area contributed by atoms with Gasteiger partial charge >= 0.3 is 12.4 Å². The van der Waals surface area contributed by atoms with Crippen molar-refractivity contribution in [1.29, 1.82) is 0 Å². The molecule has 1 aromatic heterocycles. The van der Waals surface area contributed by atoms with Gasteiger partial charge in [0.2, 0.25) is 5.76 Å². The van der Waals surface area contributed by atoms with Gasteiger partial charge in [0.25, 0.3) is 5.91 Å². The fourth-order valence-electron chi connectivity index (χ4n) is 1.71. The van der Waals surface area contributed by atoms with Crippen LogP contribution in [0.15, 0.2) is 28.8 Å². The van der Waals surface area contributed by atoms with Crippen LogP contribution >= 0.6 is 11.6 Å². The van der Waals surface area contributed by atoms with Crippen LogP contribution in [0.4, 0.5) is 26.3 Å². The van der Waals surface area contributed by atoms with Crippen molar-refractivity contribution in [3.8, 4) is 11.3 Å². The van der Waals surface area contributed by atoms with Crippen molar-refractivity contribution in [2.45, 2.75) is 18.5 Å². The number of nitrogens with two attached hydrogens (primary N) is 1. The molecule has 1 heterocycles. The van der Waals surface area contributed by atoms with E-state index in [0.29, 0.717) is 0 Å². The topological polar surface area (TPSA) is 81.1 Å². The number of halogens is 7. The summed E-state index contributed by atoms with van der Waals surface area (Å²) in [6.07, 6.45) is -12.1. The van der Waals surface area contributed by atoms with Gasteiger partial charge in [0, 0.05) is 5.56 Å². The summed E-state index contributed by atoms with van der Waals surface area (Å²) < 4.78 is 79.1. The molecule has 2 aromatic rings. The van der Waals surface area contributed by atoms with Gasteiger partial charge in [-0.15, -0.1) is 0 Å². The highest BCUT2D eigenvalue weighted by molar-refractivity contribution is 6.35. The molecule has 0 aliphatic heterocycles. The first-order valence-corrected chi connectivity index (χ1v) is 6.75. The van der Waals surface area contributed by atoms with E-state index in [0.717, 1.165) is 24.3 Å². The molecule has 0 saturated heterocycles. The van der Waals surface area contributed by atoms with Gasteiger partial charge in [-0.25, -0.2) is 0 Å². The van der Waals surface area contributed by atoms with Gasteiger partial charge in [0.05, 0.1) is 5.56 Å². The van der Waals surface area contributed by atoms with Gasteiger partial charge in [-0.2, -0.15) is 26.3 Å². The number of alkyl halides is 6. The molecule has 2 rings (SSSR count). The standard InChI is InChI=1S/C13H8ClF6N3O2/c14-7-8(5-1-3-6(4-2-5)12(15,16)17)23-25-9(7)10(24)22-11(21)13(18,19)20/h1-4,11H,21H2,(H,22,24). The lowest BCUT2D eigenvalue weighted by Crippen LogP contribution is -2.51. The summed E-state index contributed by atoms with van der Waals surface area (Å²) >= 11 is 5.82. The average molecular weight is 388 g/mol. The lowest BCUT2D eigenvalue weighted by atomic mass is 10.1. The van der Waals surface area contributed by atoms with E-state index in [-0.39, 0.29) is 11.3 Å². The fraction of sp³-hybridized carbons (Fsp3) is 0.231. The Balaban J connectivity index is 2.25. The normalized spacial score (nSPS) is 13.6. The molecule has 0 saturated carbocycles. The highest BCUT2D eigenvalue weighted by Crippen LogP contribution is 2.34. The van der Waals surface area contributed by atoms with Crippen molar-refractivity contribution < 1.29 is 35.7 Å². The minimum atomic E-state index is -4.89. The molecule has 1 amide bonds. The number of hydrogen-bond donors (Lipinski definition) is 2. The average Bonchev–Trinajstić information content (AvgIpc) is 2.87. The second-order valence-electron chi connectivity index (χ2n) is 4.74. The van der Waals surface area contributed by atoms with Crippen LogP contribution in [-0.2, 0) is 6.18 Å². The van der Waals surface area contributed by atoms with Crippen LogP contribution < -0.4 is 11.1 Å². The molecular weight excluding hydrogens is 380 g/mol. The van der Waals surface area contributed by atoms with Crippen molar-refractivity contribution in [3.63, 3.8) is 0 Å². The molecule has 5 nitrogen and oxygen atoms in total. The maximum absolute atomic E-state index is 12.5. The molecular formula is C13H8ClF6N3O2. The first kappa shape index (κ1) is 19.1. The van der Waals surface area contributed by atoms with E-state index in [1.165, 1.54) is 5.32 Å². The van der Waals surface area contributed by atoms with Crippen LogP contribution in [-0.4, -0.2) is 23.4 Å². The maximum Gasteiger partial charge on any atom is 0.421 e. The smallest absolute Gasteiger partial charge is 0.349 e. The Labute approximate surface area is 140 Å². The first-order chi connectivity index (χ1) is 11.4. The largest absolute Gasteiger partial charge is 0.421 e. The van der Waals surface area contributed by atoms with Gasteiger partial charge in [-0.05, 0) is 12.1 Å². The van der Waals surface area contributed by atoms with E-state index >= 15 is 0 Å². The third kappa shape index (κ3) is 4.23. The van der Waals surface area contributed by atoms with E-state index < -0.39 is 40.8 Å². The van der Waals surface area contributed by atoms with Gasteiger partial charge in [0.1, 0.15) is 10.7 Å². The number of nitrogens with zero attached hydrogens (tertiary/aromatic N) is 1.